The molecule has 0 amide bonds. The summed E-state index contributed by atoms with van der Waals surface area (Å²) in [5, 5.41) is 0. The van der Waals surface area contributed by atoms with Crippen molar-refractivity contribution in [1.29, 1.82) is 0 Å². The summed E-state index contributed by atoms with van der Waals surface area (Å²) < 4.78 is 0. The van der Waals surface area contributed by atoms with Gasteiger partial charge in [0.2, 0.25) is 0 Å². The first kappa shape index (κ1) is 16.9. The number of allylic oxidation sites excluding steroid dienone is 1. The maximum atomic E-state index is 4.47. The molecule has 0 bridgehead atoms. The molecule has 0 atom stereocenters. The first-order valence-corrected chi connectivity index (χ1v) is 9.05. The van der Waals surface area contributed by atoms with Gasteiger partial charge in [0.25, 0.3) is 0 Å². The van der Waals surface area contributed by atoms with Crippen LogP contribution in [0.5, 0.6) is 0 Å². The highest BCUT2D eigenvalue weighted by Crippen LogP contribution is 2.29. The molecule has 2 nitrogen and oxygen atoms in total. The largest absolute Gasteiger partial charge is 0.256 e. The zero-order valence-corrected chi connectivity index (χ0v) is 15.2. The topological polar surface area (TPSA) is 25.8 Å². The van der Waals surface area contributed by atoms with E-state index in [1.807, 2.05) is 48.8 Å². The molecular weight excluding hydrogens is 328 g/mol. The van der Waals surface area contributed by atoms with Gasteiger partial charge in [-0.25, -0.2) is 0 Å². The second-order valence-electron chi connectivity index (χ2n) is 6.29. The van der Waals surface area contributed by atoms with E-state index in [4.69, 9.17) is 0 Å². The lowest BCUT2D eigenvalue weighted by Crippen LogP contribution is -1.91. The van der Waals surface area contributed by atoms with Gasteiger partial charge in [-0.15, -0.1) is 0 Å². The normalized spacial score (nSPS) is 10.4. The molecule has 27 heavy (non-hydrogen) atoms. The first-order chi connectivity index (χ1) is 13.3. The predicted molar refractivity (Wildman–Crippen MR) is 112 cm³/mol. The molecule has 2 heteroatoms. The van der Waals surface area contributed by atoms with Crippen LogP contribution in [0.2, 0.25) is 0 Å². The Kier molecular flexibility index (Phi) is 4.88. The average Bonchev–Trinajstić information content (AvgIpc) is 2.76. The molecule has 2 aromatic carbocycles. The van der Waals surface area contributed by atoms with Crippen LogP contribution in [-0.2, 0) is 0 Å². The highest BCUT2D eigenvalue weighted by atomic mass is 14.7. The van der Waals surface area contributed by atoms with Crippen LogP contribution < -0.4 is 0 Å². The van der Waals surface area contributed by atoms with Crippen molar-refractivity contribution in [1.82, 2.24) is 9.97 Å². The lowest BCUT2D eigenvalue weighted by Gasteiger charge is -2.11. The third-order valence-electron chi connectivity index (χ3n) is 4.56. The Bertz CT molecular complexity index is 982. The molecule has 2 heterocycles. The van der Waals surface area contributed by atoms with Crippen LogP contribution in [0.4, 0.5) is 0 Å². The number of hydrogen-bond acceptors (Lipinski definition) is 2. The Hall–Kier alpha value is -3.52. The molecule has 0 N–H and O–H groups in total. The molecule has 0 saturated heterocycles. The van der Waals surface area contributed by atoms with Crippen molar-refractivity contribution in [3.8, 4) is 22.5 Å². The van der Waals surface area contributed by atoms with Crippen LogP contribution in [0.15, 0.2) is 103 Å². The average molecular weight is 348 g/mol. The molecule has 4 aromatic rings. The fourth-order valence-electron chi connectivity index (χ4n) is 3.26. The van der Waals surface area contributed by atoms with Crippen molar-refractivity contribution in [2.24, 2.45) is 0 Å². The van der Waals surface area contributed by atoms with Crippen LogP contribution in [-0.4, -0.2) is 9.97 Å². The molecule has 0 saturated carbocycles. The maximum absolute atomic E-state index is 4.47. The van der Waals surface area contributed by atoms with Crippen molar-refractivity contribution in [3.05, 3.63) is 115 Å². The third kappa shape index (κ3) is 3.70. The van der Waals surface area contributed by atoms with Gasteiger partial charge in [0, 0.05) is 23.5 Å². The fourth-order valence-corrected chi connectivity index (χ4v) is 3.26. The Morgan fingerprint density at radius 3 is 1.56 bits per heavy atom. The van der Waals surface area contributed by atoms with E-state index in [2.05, 4.69) is 71.5 Å². The Morgan fingerprint density at radius 2 is 1.15 bits per heavy atom. The standard InChI is InChI=1S/C25H20N2/c1-2-23(19-9-7-11-21(17-19)24-13-3-5-15-26-24)20-10-8-12-22(18-20)25-14-4-6-16-27-25/h2-18H,1H3. The van der Waals surface area contributed by atoms with Crippen LogP contribution in [0.3, 0.4) is 0 Å². The van der Waals surface area contributed by atoms with Crippen molar-refractivity contribution in [3.63, 3.8) is 0 Å². The molecule has 0 aliphatic heterocycles. The van der Waals surface area contributed by atoms with Crippen molar-refractivity contribution in [2.75, 3.05) is 0 Å². The summed E-state index contributed by atoms with van der Waals surface area (Å²) in [4.78, 5) is 8.95. The Balaban J connectivity index is 1.74. The minimum atomic E-state index is 0.983. The van der Waals surface area contributed by atoms with Gasteiger partial charge >= 0.3 is 0 Å². The molecule has 4 rings (SSSR count). The van der Waals surface area contributed by atoms with E-state index in [-0.39, 0.29) is 0 Å². The van der Waals surface area contributed by atoms with Crippen molar-refractivity contribution in [2.45, 2.75) is 6.92 Å². The summed E-state index contributed by atoms with van der Waals surface area (Å²) in [7, 11) is 0. The smallest absolute Gasteiger partial charge is 0.0702 e. The van der Waals surface area contributed by atoms with Crippen LogP contribution in [0, 0.1) is 0 Å². The quantitative estimate of drug-likeness (QED) is 0.435. The van der Waals surface area contributed by atoms with E-state index >= 15 is 0 Å². The van der Waals surface area contributed by atoms with E-state index in [0.717, 1.165) is 22.5 Å². The van der Waals surface area contributed by atoms with Gasteiger partial charge < -0.3 is 0 Å². The second kappa shape index (κ2) is 7.79. The third-order valence-corrected chi connectivity index (χ3v) is 4.56. The zero-order chi connectivity index (χ0) is 18.5. The van der Waals surface area contributed by atoms with Crippen LogP contribution in [0.25, 0.3) is 28.1 Å². The van der Waals surface area contributed by atoms with E-state index in [9.17, 15) is 0 Å². The number of pyridine rings is 2. The summed E-state index contributed by atoms with van der Waals surface area (Å²) in [5.74, 6) is 0. The van der Waals surface area contributed by atoms with Gasteiger partial charge in [-0.3, -0.25) is 9.97 Å². The van der Waals surface area contributed by atoms with E-state index in [1.165, 1.54) is 16.7 Å². The minimum absolute atomic E-state index is 0.983. The highest BCUT2D eigenvalue weighted by Gasteiger charge is 2.08. The molecular formula is C25H20N2. The number of rotatable bonds is 4. The van der Waals surface area contributed by atoms with Gasteiger partial charge in [0.1, 0.15) is 0 Å². The zero-order valence-electron chi connectivity index (χ0n) is 15.2. The lowest BCUT2D eigenvalue weighted by molar-refractivity contribution is 1.32. The Labute approximate surface area is 159 Å². The van der Waals surface area contributed by atoms with E-state index < -0.39 is 0 Å². The van der Waals surface area contributed by atoms with Crippen LogP contribution >= 0.6 is 0 Å². The first-order valence-electron chi connectivity index (χ1n) is 9.05. The number of nitrogens with zero attached hydrogens (tertiary/aromatic N) is 2. The summed E-state index contributed by atoms with van der Waals surface area (Å²) in [6.45, 7) is 2.08. The van der Waals surface area contributed by atoms with Gasteiger partial charge in [-0.05, 0) is 60.0 Å². The minimum Gasteiger partial charge on any atom is -0.256 e. The van der Waals surface area contributed by atoms with Gasteiger partial charge in [-0.1, -0.05) is 54.6 Å². The van der Waals surface area contributed by atoms with Gasteiger partial charge in [-0.2, -0.15) is 0 Å². The van der Waals surface area contributed by atoms with E-state index in [1.54, 1.807) is 0 Å². The highest BCUT2D eigenvalue weighted by molar-refractivity contribution is 5.83. The summed E-state index contributed by atoms with van der Waals surface area (Å²) >= 11 is 0. The summed E-state index contributed by atoms with van der Waals surface area (Å²) in [6.07, 6.45) is 5.82. The Morgan fingerprint density at radius 1 is 0.630 bits per heavy atom. The summed E-state index contributed by atoms with van der Waals surface area (Å²) in [5.41, 5.74) is 7.76. The number of hydrogen-bond donors (Lipinski definition) is 0. The molecule has 0 aliphatic rings. The molecule has 0 spiro atoms. The maximum Gasteiger partial charge on any atom is 0.0702 e. The molecule has 0 fully saturated rings. The molecule has 0 aliphatic carbocycles. The monoisotopic (exact) mass is 348 g/mol. The SMILES string of the molecule is CC=C(c1cccc(-c2ccccn2)c1)c1cccc(-c2ccccn2)c1. The molecule has 0 radical (unpaired) electrons. The number of aromatic nitrogens is 2. The van der Waals surface area contributed by atoms with Gasteiger partial charge in [0.15, 0.2) is 0 Å². The predicted octanol–water partition coefficient (Wildman–Crippen LogP) is 6.26. The fraction of sp³-hybridized carbons (Fsp3) is 0.0400. The lowest BCUT2D eigenvalue weighted by atomic mass is 9.94. The summed E-state index contributed by atoms with van der Waals surface area (Å²) in [6, 6.07) is 29.1. The van der Waals surface area contributed by atoms with E-state index in [0.29, 0.717) is 0 Å². The van der Waals surface area contributed by atoms with Crippen molar-refractivity contribution < 1.29 is 0 Å². The molecule has 2 aromatic heterocycles. The molecule has 130 valence electrons. The van der Waals surface area contributed by atoms with Gasteiger partial charge in [0.05, 0.1) is 11.4 Å². The second-order valence-corrected chi connectivity index (χ2v) is 6.29. The molecule has 0 unspecified atom stereocenters. The number of benzene rings is 2. The van der Waals surface area contributed by atoms with Crippen molar-refractivity contribution >= 4 is 5.57 Å². The van der Waals surface area contributed by atoms with Crippen LogP contribution in [0.1, 0.15) is 18.1 Å².